The van der Waals surface area contributed by atoms with Crippen molar-refractivity contribution in [3.05, 3.63) is 54.2 Å². The number of nitrogens with zero attached hydrogens (tertiary/aromatic N) is 4. The number of morpholine rings is 1. The predicted octanol–water partition coefficient (Wildman–Crippen LogP) is 2.31. The molecule has 3 heterocycles. The summed E-state index contributed by atoms with van der Waals surface area (Å²) < 4.78 is 7.26. The molecular weight excluding hydrogens is 342 g/mol. The average Bonchev–Trinajstić information content (AvgIpc) is 3.39. The predicted molar refractivity (Wildman–Crippen MR) is 102 cm³/mol. The Balaban J connectivity index is 1.37. The molecule has 1 amide bonds. The number of rotatable bonds is 4. The van der Waals surface area contributed by atoms with Crippen LogP contribution in [0.4, 0.5) is 11.6 Å². The summed E-state index contributed by atoms with van der Waals surface area (Å²) in [5.74, 6) is 1.87. The lowest BCUT2D eigenvalue weighted by Gasteiger charge is -2.29. The van der Waals surface area contributed by atoms with Crippen LogP contribution in [0.2, 0.25) is 0 Å². The Bertz CT molecular complexity index is 965. The van der Waals surface area contributed by atoms with Crippen molar-refractivity contribution in [1.29, 1.82) is 0 Å². The number of anilines is 2. The van der Waals surface area contributed by atoms with E-state index in [1.54, 1.807) is 6.20 Å². The van der Waals surface area contributed by atoms with Crippen LogP contribution in [0.1, 0.15) is 17.9 Å². The molecule has 138 valence electrons. The average molecular weight is 363 g/mol. The Morgan fingerprint density at radius 2 is 1.96 bits per heavy atom. The number of carbonyl (C=O) groups excluding carboxylic acids is 1. The van der Waals surface area contributed by atoms with E-state index in [-0.39, 0.29) is 11.8 Å². The summed E-state index contributed by atoms with van der Waals surface area (Å²) in [5.41, 5.74) is 1.95. The van der Waals surface area contributed by atoms with Gasteiger partial charge in [-0.15, -0.1) is 0 Å². The standard InChI is InChI=1S/C20H21N5O2/c26-20(16-12-15(16)14-4-2-1-3-5-14)23-17-13-19(24-8-10-27-11-9-24)25-18(22-17)6-7-21-25/h1-7,13,15-16H,8-12H2,(H,22,23,26). The third kappa shape index (κ3) is 3.14. The highest BCUT2D eigenvalue weighted by Gasteiger charge is 2.44. The Hall–Kier alpha value is -2.93. The van der Waals surface area contributed by atoms with Gasteiger partial charge < -0.3 is 15.0 Å². The molecule has 2 aliphatic rings. The molecule has 0 radical (unpaired) electrons. The second-order valence-electron chi connectivity index (χ2n) is 7.05. The molecule has 7 heteroatoms. The van der Waals surface area contributed by atoms with Gasteiger partial charge in [0.05, 0.1) is 19.4 Å². The molecular formula is C20H21N5O2. The molecule has 1 aromatic carbocycles. The number of hydrogen-bond acceptors (Lipinski definition) is 5. The van der Waals surface area contributed by atoms with E-state index in [0.29, 0.717) is 24.9 Å². The largest absolute Gasteiger partial charge is 0.378 e. The van der Waals surface area contributed by atoms with Gasteiger partial charge in [0.1, 0.15) is 11.6 Å². The van der Waals surface area contributed by atoms with E-state index in [9.17, 15) is 4.79 Å². The van der Waals surface area contributed by atoms with Gasteiger partial charge in [-0.25, -0.2) is 4.98 Å². The highest BCUT2D eigenvalue weighted by Crippen LogP contribution is 2.47. The molecule has 1 N–H and O–H groups in total. The van der Waals surface area contributed by atoms with Crippen LogP contribution in [-0.2, 0) is 9.53 Å². The van der Waals surface area contributed by atoms with Gasteiger partial charge in [-0.3, -0.25) is 4.79 Å². The SMILES string of the molecule is O=C(Nc1cc(N2CCOCC2)n2nccc2n1)C1CC1c1ccccc1. The zero-order valence-corrected chi connectivity index (χ0v) is 14.9. The summed E-state index contributed by atoms with van der Waals surface area (Å²) >= 11 is 0. The van der Waals surface area contributed by atoms with Gasteiger partial charge in [0, 0.05) is 31.1 Å². The van der Waals surface area contributed by atoms with Crippen molar-refractivity contribution in [3.63, 3.8) is 0 Å². The summed E-state index contributed by atoms with van der Waals surface area (Å²) in [4.78, 5) is 19.5. The van der Waals surface area contributed by atoms with E-state index in [1.165, 1.54) is 5.56 Å². The van der Waals surface area contributed by atoms with Crippen molar-refractivity contribution in [3.8, 4) is 0 Å². The second-order valence-corrected chi connectivity index (χ2v) is 7.05. The Kier molecular flexibility index (Phi) is 4.01. The van der Waals surface area contributed by atoms with Gasteiger partial charge in [-0.1, -0.05) is 30.3 Å². The summed E-state index contributed by atoms with van der Waals surface area (Å²) in [6.07, 6.45) is 2.62. The van der Waals surface area contributed by atoms with Crippen LogP contribution >= 0.6 is 0 Å². The first-order valence-corrected chi connectivity index (χ1v) is 9.33. The second kappa shape index (κ2) is 6.66. The minimum Gasteiger partial charge on any atom is -0.378 e. The van der Waals surface area contributed by atoms with Crippen molar-refractivity contribution in [2.24, 2.45) is 5.92 Å². The number of fused-ring (bicyclic) bond motifs is 1. The van der Waals surface area contributed by atoms with E-state index in [0.717, 1.165) is 31.0 Å². The minimum atomic E-state index is 0.0159. The third-order valence-corrected chi connectivity index (χ3v) is 5.28. The molecule has 5 rings (SSSR count). The van der Waals surface area contributed by atoms with Crippen molar-refractivity contribution in [2.75, 3.05) is 36.5 Å². The summed E-state index contributed by atoms with van der Waals surface area (Å²) in [6, 6.07) is 14.0. The first-order chi connectivity index (χ1) is 13.3. The fourth-order valence-corrected chi connectivity index (χ4v) is 3.75. The maximum Gasteiger partial charge on any atom is 0.229 e. The number of ether oxygens (including phenoxy) is 1. The fourth-order valence-electron chi connectivity index (χ4n) is 3.75. The van der Waals surface area contributed by atoms with Gasteiger partial charge in [0.25, 0.3) is 0 Å². The van der Waals surface area contributed by atoms with E-state index in [4.69, 9.17) is 4.74 Å². The van der Waals surface area contributed by atoms with Crippen LogP contribution < -0.4 is 10.2 Å². The molecule has 2 unspecified atom stereocenters. The fraction of sp³-hybridized carbons (Fsp3) is 0.350. The minimum absolute atomic E-state index is 0.0159. The van der Waals surface area contributed by atoms with Crippen LogP contribution in [0, 0.1) is 5.92 Å². The highest BCUT2D eigenvalue weighted by atomic mass is 16.5. The van der Waals surface area contributed by atoms with Crippen LogP contribution in [0.25, 0.3) is 5.65 Å². The quantitative estimate of drug-likeness (QED) is 0.770. The molecule has 2 fully saturated rings. The first-order valence-electron chi connectivity index (χ1n) is 9.33. The summed E-state index contributed by atoms with van der Waals surface area (Å²) in [5, 5.41) is 7.39. The van der Waals surface area contributed by atoms with Gasteiger partial charge in [0.2, 0.25) is 5.91 Å². The molecule has 0 spiro atoms. The number of hydrogen-bond donors (Lipinski definition) is 1. The van der Waals surface area contributed by atoms with E-state index in [2.05, 4.69) is 32.4 Å². The van der Waals surface area contributed by atoms with Crippen LogP contribution in [0.3, 0.4) is 0 Å². The van der Waals surface area contributed by atoms with Crippen LogP contribution in [0.5, 0.6) is 0 Å². The van der Waals surface area contributed by atoms with Crippen LogP contribution in [-0.4, -0.2) is 46.8 Å². The van der Waals surface area contributed by atoms with Crippen molar-refractivity contribution >= 4 is 23.2 Å². The normalized spacial score (nSPS) is 22.0. The lowest BCUT2D eigenvalue weighted by Crippen LogP contribution is -2.37. The zero-order valence-electron chi connectivity index (χ0n) is 14.9. The van der Waals surface area contributed by atoms with Crippen molar-refractivity contribution < 1.29 is 9.53 Å². The number of aromatic nitrogens is 3. The molecule has 0 bridgehead atoms. The summed E-state index contributed by atoms with van der Waals surface area (Å²) in [6.45, 7) is 2.97. The van der Waals surface area contributed by atoms with E-state index < -0.39 is 0 Å². The molecule has 1 aliphatic carbocycles. The topological polar surface area (TPSA) is 71.8 Å². The molecule has 7 nitrogen and oxygen atoms in total. The third-order valence-electron chi connectivity index (χ3n) is 5.28. The monoisotopic (exact) mass is 363 g/mol. The lowest BCUT2D eigenvalue weighted by atomic mass is 10.1. The van der Waals surface area contributed by atoms with Crippen molar-refractivity contribution in [2.45, 2.75) is 12.3 Å². The summed E-state index contributed by atoms with van der Waals surface area (Å²) in [7, 11) is 0. The molecule has 1 saturated carbocycles. The van der Waals surface area contributed by atoms with Gasteiger partial charge >= 0.3 is 0 Å². The number of carbonyl (C=O) groups is 1. The van der Waals surface area contributed by atoms with E-state index in [1.807, 2.05) is 34.8 Å². The maximum absolute atomic E-state index is 12.7. The smallest absolute Gasteiger partial charge is 0.229 e. The first kappa shape index (κ1) is 16.3. The molecule has 2 atom stereocenters. The molecule has 1 saturated heterocycles. The molecule has 27 heavy (non-hydrogen) atoms. The van der Waals surface area contributed by atoms with Crippen molar-refractivity contribution in [1.82, 2.24) is 14.6 Å². The number of benzene rings is 1. The van der Waals surface area contributed by atoms with E-state index >= 15 is 0 Å². The molecule has 3 aromatic rings. The Morgan fingerprint density at radius 3 is 2.78 bits per heavy atom. The highest BCUT2D eigenvalue weighted by molar-refractivity contribution is 5.95. The Labute approximate surface area is 157 Å². The van der Waals surface area contributed by atoms with Gasteiger partial charge in [-0.2, -0.15) is 9.61 Å². The molecule has 2 aromatic heterocycles. The van der Waals surface area contributed by atoms with Gasteiger partial charge in [0.15, 0.2) is 5.65 Å². The number of amides is 1. The lowest BCUT2D eigenvalue weighted by molar-refractivity contribution is -0.117. The van der Waals surface area contributed by atoms with Crippen LogP contribution in [0.15, 0.2) is 48.7 Å². The van der Waals surface area contributed by atoms with Gasteiger partial charge in [-0.05, 0) is 17.9 Å². The molecule has 1 aliphatic heterocycles. The zero-order chi connectivity index (χ0) is 18.2. The number of nitrogens with one attached hydrogen (secondary N) is 1. The maximum atomic E-state index is 12.7. The Morgan fingerprint density at radius 1 is 1.15 bits per heavy atom.